The number of aliphatic imine (C=N–C) groups is 1. The average Bonchev–Trinajstić information content (AvgIpc) is 3.35. The fourth-order valence-corrected chi connectivity index (χ4v) is 6.23. The number of aromatic nitrogens is 1. The Morgan fingerprint density at radius 3 is 2.59 bits per heavy atom. The molecular formula is C19H22FN3O2S2. The van der Waals surface area contributed by atoms with Gasteiger partial charge in [0, 0.05) is 22.7 Å². The molecule has 8 heteroatoms. The number of nitrogens with zero attached hydrogens (tertiary/aromatic N) is 2. The van der Waals surface area contributed by atoms with Crippen LogP contribution >= 0.6 is 11.3 Å². The van der Waals surface area contributed by atoms with Gasteiger partial charge in [-0.05, 0) is 57.4 Å². The first kappa shape index (κ1) is 18.6. The van der Waals surface area contributed by atoms with E-state index >= 15 is 0 Å². The van der Waals surface area contributed by atoms with Gasteiger partial charge in [-0.1, -0.05) is 0 Å². The van der Waals surface area contributed by atoms with Crippen molar-refractivity contribution in [1.82, 2.24) is 4.98 Å². The summed E-state index contributed by atoms with van der Waals surface area (Å²) in [4.78, 5) is 9.86. The number of rotatable bonds is 3. The van der Waals surface area contributed by atoms with Crippen LogP contribution in [0.15, 0.2) is 29.4 Å². The molecule has 1 atom stereocenters. The highest BCUT2D eigenvalue weighted by Gasteiger charge is 2.50. The third-order valence-electron chi connectivity index (χ3n) is 5.47. The first-order valence-corrected chi connectivity index (χ1v) is 11.3. The van der Waals surface area contributed by atoms with E-state index in [1.54, 1.807) is 13.1 Å². The van der Waals surface area contributed by atoms with Crippen molar-refractivity contribution in [2.75, 3.05) is 5.75 Å². The van der Waals surface area contributed by atoms with E-state index in [0.717, 1.165) is 29.0 Å². The molecule has 0 saturated heterocycles. The lowest BCUT2D eigenvalue weighted by Gasteiger charge is -2.37. The summed E-state index contributed by atoms with van der Waals surface area (Å²) in [5, 5.41) is 0. The molecule has 1 fully saturated rings. The molecule has 0 spiro atoms. The standard InChI is InChI=1S/C19H22FN3O2S2/c1-18(2)17(21)23-19(3,10-27(18,24)25)16-13(20)9-15(26-16)12-6-7-22-14(8-12)11-4-5-11/h6-9,11H,4-5,10H2,1-3H3,(H2,21,23). The molecule has 0 radical (unpaired) electrons. The second-order valence-corrected chi connectivity index (χ2v) is 11.7. The fraction of sp³-hybridized carbons (Fsp3) is 0.474. The van der Waals surface area contributed by atoms with Gasteiger partial charge in [0.2, 0.25) is 0 Å². The van der Waals surface area contributed by atoms with E-state index in [0.29, 0.717) is 10.8 Å². The molecule has 2 aromatic rings. The molecule has 0 aromatic carbocycles. The summed E-state index contributed by atoms with van der Waals surface area (Å²) in [7, 11) is -3.57. The highest BCUT2D eigenvalue weighted by atomic mass is 32.2. The molecule has 3 heterocycles. The Labute approximate surface area is 162 Å². The number of nitrogens with two attached hydrogens (primary N) is 1. The summed E-state index contributed by atoms with van der Waals surface area (Å²) < 4.78 is 39.1. The maximum Gasteiger partial charge on any atom is 0.165 e. The molecule has 2 aromatic heterocycles. The first-order valence-electron chi connectivity index (χ1n) is 8.88. The van der Waals surface area contributed by atoms with Crippen LogP contribution in [0.25, 0.3) is 10.4 Å². The molecule has 1 saturated carbocycles. The summed E-state index contributed by atoms with van der Waals surface area (Å²) in [6.45, 7) is 4.70. The molecule has 5 nitrogen and oxygen atoms in total. The number of hydrogen-bond donors (Lipinski definition) is 1. The SMILES string of the molecule is CC1(c2sc(-c3ccnc(C4CC4)c3)cc2F)CS(=O)(=O)C(C)(C)C(N)=N1. The summed E-state index contributed by atoms with van der Waals surface area (Å²) in [6.07, 6.45) is 4.02. The molecule has 0 bridgehead atoms. The molecule has 2 aliphatic rings. The summed E-state index contributed by atoms with van der Waals surface area (Å²) in [5.41, 5.74) is 6.67. The van der Waals surface area contributed by atoms with Crippen LogP contribution < -0.4 is 5.73 Å². The maximum atomic E-state index is 14.9. The van der Waals surface area contributed by atoms with E-state index in [2.05, 4.69) is 9.98 Å². The van der Waals surface area contributed by atoms with Gasteiger partial charge in [0.25, 0.3) is 0 Å². The Morgan fingerprint density at radius 1 is 1.26 bits per heavy atom. The lowest BCUT2D eigenvalue weighted by Crippen LogP contribution is -2.54. The number of halogens is 1. The second kappa shape index (κ2) is 5.85. The van der Waals surface area contributed by atoms with Crippen molar-refractivity contribution in [3.63, 3.8) is 0 Å². The lowest BCUT2D eigenvalue weighted by atomic mass is 10.0. The van der Waals surface area contributed by atoms with Gasteiger partial charge in [-0.15, -0.1) is 11.3 Å². The van der Waals surface area contributed by atoms with Crippen molar-refractivity contribution in [3.8, 4) is 10.4 Å². The minimum atomic E-state index is -3.57. The smallest absolute Gasteiger partial charge is 0.165 e. The van der Waals surface area contributed by atoms with Crippen LogP contribution in [0.5, 0.6) is 0 Å². The van der Waals surface area contributed by atoms with Gasteiger partial charge in [0.1, 0.15) is 21.9 Å². The molecule has 0 amide bonds. The summed E-state index contributed by atoms with van der Waals surface area (Å²) >= 11 is 1.23. The van der Waals surface area contributed by atoms with Gasteiger partial charge in [0.15, 0.2) is 9.84 Å². The number of sulfone groups is 1. The molecule has 1 aliphatic heterocycles. The van der Waals surface area contributed by atoms with Gasteiger partial charge in [-0.3, -0.25) is 9.98 Å². The fourth-order valence-electron chi connectivity index (χ4n) is 3.34. The molecular weight excluding hydrogens is 385 g/mol. The van der Waals surface area contributed by atoms with E-state index in [9.17, 15) is 12.8 Å². The van der Waals surface area contributed by atoms with Gasteiger partial charge in [-0.2, -0.15) is 0 Å². The first-order chi connectivity index (χ1) is 12.5. The van der Waals surface area contributed by atoms with Crippen molar-refractivity contribution in [2.45, 2.75) is 49.8 Å². The Hall–Kier alpha value is -1.80. The van der Waals surface area contributed by atoms with Crippen molar-refractivity contribution in [3.05, 3.63) is 40.8 Å². The van der Waals surface area contributed by atoms with E-state index in [-0.39, 0.29) is 11.6 Å². The minimum absolute atomic E-state index is 0.0190. The largest absolute Gasteiger partial charge is 0.386 e. The molecule has 27 heavy (non-hydrogen) atoms. The van der Waals surface area contributed by atoms with E-state index in [4.69, 9.17) is 5.73 Å². The number of thiophene rings is 1. The number of amidine groups is 1. The number of pyridine rings is 1. The van der Waals surface area contributed by atoms with Crippen LogP contribution in [-0.4, -0.2) is 29.7 Å². The zero-order chi connectivity index (χ0) is 19.6. The molecule has 4 rings (SSSR count). The van der Waals surface area contributed by atoms with Crippen LogP contribution in [-0.2, 0) is 15.4 Å². The van der Waals surface area contributed by atoms with Crippen molar-refractivity contribution < 1.29 is 12.8 Å². The Bertz CT molecular complexity index is 1050. The second-order valence-electron chi connectivity index (χ2n) is 8.07. The lowest BCUT2D eigenvalue weighted by molar-refractivity contribution is 0.486. The van der Waals surface area contributed by atoms with Gasteiger partial charge in [-0.25, -0.2) is 12.8 Å². The van der Waals surface area contributed by atoms with E-state index < -0.39 is 25.9 Å². The van der Waals surface area contributed by atoms with Crippen molar-refractivity contribution >= 4 is 27.0 Å². The zero-order valence-corrected chi connectivity index (χ0v) is 17.1. The summed E-state index contributed by atoms with van der Waals surface area (Å²) in [5.74, 6) is -0.199. The highest BCUT2D eigenvalue weighted by molar-refractivity contribution is 7.93. The summed E-state index contributed by atoms with van der Waals surface area (Å²) in [6, 6.07) is 5.30. The van der Waals surface area contributed by atoms with Gasteiger partial charge in [0.05, 0.1) is 10.6 Å². The Balaban J connectivity index is 1.78. The van der Waals surface area contributed by atoms with E-state index in [1.165, 1.54) is 31.3 Å². The molecule has 144 valence electrons. The van der Waals surface area contributed by atoms with Crippen molar-refractivity contribution in [1.29, 1.82) is 0 Å². The van der Waals surface area contributed by atoms with Gasteiger partial charge < -0.3 is 5.73 Å². The Kier molecular flexibility index (Phi) is 4.02. The minimum Gasteiger partial charge on any atom is -0.386 e. The van der Waals surface area contributed by atoms with Crippen LogP contribution in [0.2, 0.25) is 0 Å². The Morgan fingerprint density at radius 2 is 1.96 bits per heavy atom. The predicted octanol–water partition coefficient (Wildman–Crippen LogP) is 3.61. The van der Waals surface area contributed by atoms with Crippen LogP contribution in [0.1, 0.15) is 50.1 Å². The van der Waals surface area contributed by atoms with Crippen LogP contribution in [0.4, 0.5) is 4.39 Å². The highest BCUT2D eigenvalue weighted by Crippen LogP contribution is 2.44. The van der Waals surface area contributed by atoms with Crippen molar-refractivity contribution in [2.24, 2.45) is 10.7 Å². The maximum absolute atomic E-state index is 14.9. The number of hydrogen-bond acceptors (Lipinski definition) is 6. The van der Waals surface area contributed by atoms with Crippen LogP contribution in [0, 0.1) is 5.82 Å². The van der Waals surface area contributed by atoms with Gasteiger partial charge >= 0.3 is 0 Å². The molecule has 2 N–H and O–H groups in total. The monoisotopic (exact) mass is 407 g/mol. The molecule has 1 aliphatic carbocycles. The topological polar surface area (TPSA) is 85.4 Å². The average molecular weight is 408 g/mol. The quantitative estimate of drug-likeness (QED) is 0.842. The zero-order valence-electron chi connectivity index (χ0n) is 15.5. The molecule has 1 unspecified atom stereocenters. The van der Waals surface area contributed by atoms with E-state index in [1.807, 2.05) is 12.1 Å². The third-order valence-corrected chi connectivity index (χ3v) is 9.59. The third kappa shape index (κ3) is 2.99. The predicted molar refractivity (Wildman–Crippen MR) is 106 cm³/mol. The normalized spacial score (nSPS) is 26.6. The van der Waals surface area contributed by atoms with Crippen LogP contribution in [0.3, 0.4) is 0 Å².